The predicted molar refractivity (Wildman–Crippen MR) is 54.9 cm³/mol. The fourth-order valence-corrected chi connectivity index (χ4v) is 2.34. The van der Waals surface area contributed by atoms with Gasteiger partial charge in [-0.2, -0.15) is 0 Å². The van der Waals surface area contributed by atoms with Gasteiger partial charge in [0.15, 0.2) is 0 Å². The Morgan fingerprint density at radius 1 is 1.33 bits per heavy atom. The van der Waals surface area contributed by atoms with Gasteiger partial charge >= 0.3 is 5.97 Å². The zero-order valence-electron chi connectivity index (χ0n) is 9.11. The highest BCUT2D eigenvalue weighted by Gasteiger charge is 2.48. The number of carboxylic acids is 1. The van der Waals surface area contributed by atoms with Crippen LogP contribution < -0.4 is 0 Å². The van der Waals surface area contributed by atoms with E-state index in [0.717, 1.165) is 26.2 Å². The molecule has 0 bridgehead atoms. The molecule has 2 aliphatic rings. The van der Waals surface area contributed by atoms with Gasteiger partial charge in [-0.15, -0.1) is 0 Å². The van der Waals surface area contributed by atoms with Gasteiger partial charge in [0.2, 0.25) is 0 Å². The summed E-state index contributed by atoms with van der Waals surface area (Å²) in [5.41, 5.74) is -0.749. The first-order valence-electron chi connectivity index (χ1n) is 5.40. The van der Waals surface area contributed by atoms with Crippen LogP contribution >= 0.6 is 0 Å². The second-order valence-electron chi connectivity index (χ2n) is 4.43. The van der Waals surface area contributed by atoms with Crippen molar-refractivity contribution < 1.29 is 14.6 Å². The topological polar surface area (TPSA) is 53.0 Å². The largest absolute Gasteiger partial charge is 0.480 e. The molecule has 2 rings (SSSR count). The summed E-state index contributed by atoms with van der Waals surface area (Å²) in [6, 6.07) is 0. The standard InChI is InChI=1S/C10H18N2O3/c1-11-3-5-12(6-4-11)10(9(13)14)2-7-15-8-10/h2-8H2,1H3,(H,13,14)/t10-/m1/s1. The molecule has 1 N–H and O–H groups in total. The molecule has 0 unspecified atom stereocenters. The summed E-state index contributed by atoms with van der Waals surface area (Å²) in [6.45, 7) is 4.44. The van der Waals surface area contributed by atoms with Gasteiger partial charge < -0.3 is 14.7 Å². The van der Waals surface area contributed by atoms with Crippen LogP contribution in [-0.2, 0) is 9.53 Å². The summed E-state index contributed by atoms with van der Waals surface area (Å²) in [7, 11) is 2.07. The molecule has 1 atom stereocenters. The van der Waals surface area contributed by atoms with Gasteiger partial charge in [-0.05, 0) is 7.05 Å². The van der Waals surface area contributed by atoms with Crippen molar-refractivity contribution in [2.24, 2.45) is 0 Å². The summed E-state index contributed by atoms with van der Waals surface area (Å²) < 4.78 is 5.27. The summed E-state index contributed by atoms with van der Waals surface area (Å²) >= 11 is 0. The lowest BCUT2D eigenvalue weighted by atomic mass is 9.95. The minimum absolute atomic E-state index is 0.339. The maximum absolute atomic E-state index is 11.4. The van der Waals surface area contributed by atoms with Crippen molar-refractivity contribution in [2.75, 3.05) is 46.4 Å². The van der Waals surface area contributed by atoms with Crippen molar-refractivity contribution in [2.45, 2.75) is 12.0 Å². The Bertz CT molecular complexity index is 243. The molecular formula is C10H18N2O3. The average molecular weight is 214 g/mol. The first kappa shape index (κ1) is 10.9. The number of carboxylic acid groups (broad SMARTS) is 1. The third kappa shape index (κ3) is 1.87. The van der Waals surface area contributed by atoms with E-state index in [1.165, 1.54) is 0 Å². The Morgan fingerprint density at radius 2 is 2.00 bits per heavy atom. The van der Waals surface area contributed by atoms with Gasteiger partial charge in [-0.1, -0.05) is 0 Å². The summed E-state index contributed by atoms with van der Waals surface area (Å²) in [4.78, 5) is 15.7. The van der Waals surface area contributed by atoms with Crippen LogP contribution in [0.3, 0.4) is 0 Å². The van der Waals surface area contributed by atoms with E-state index in [1.54, 1.807) is 0 Å². The van der Waals surface area contributed by atoms with Gasteiger partial charge in [0.1, 0.15) is 5.54 Å². The van der Waals surface area contributed by atoms with Crippen LogP contribution in [0, 0.1) is 0 Å². The number of rotatable bonds is 2. The quantitative estimate of drug-likeness (QED) is 0.670. The molecule has 5 nitrogen and oxygen atoms in total. The van der Waals surface area contributed by atoms with Crippen LogP contribution in [-0.4, -0.2) is 72.9 Å². The highest BCUT2D eigenvalue weighted by atomic mass is 16.5. The van der Waals surface area contributed by atoms with Crippen LogP contribution in [0.5, 0.6) is 0 Å². The van der Waals surface area contributed by atoms with E-state index in [-0.39, 0.29) is 0 Å². The smallest absolute Gasteiger partial charge is 0.326 e. The van der Waals surface area contributed by atoms with Crippen molar-refractivity contribution in [3.05, 3.63) is 0 Å². The molecule has 0 aromatic rings. The van der Waals surface area contributed by atoms with Gasteiger partial charge in [-0.3, -0.25) is 9.69 Å². The lowest BCUT2D eigenvalue weighted by molar-refractivity contribution is -0.153. The van der Waals surface area contributed by atoms with E-state index in [0.29, 0.717) is 19.6 Å². The van der Waals surface area contributed by atoms with Crippen LogP contribution in [0.1, 0.15) is 6.42 Å². The van der Waals surface area contributed by atoms with Crippen molar-refractivity contribution in [3.63, 3.8) is 0 Å². The van der Waals surface area contributed by atoms with Crippen LogP contribution in [0.2, 0.25) is 0 Å². The van der Waals surface area contributed by atoms with Gasteiger partial charge in [0.25, 0.3) is 0 Å². The molecular weight excluding hydrogens is 196 g/mol. The van der Waals surface area contributed by atoms with Gasteiger partial charge in [0, 0.05) is 39.2 Å². The summed E-state index contributed by atoms with van der Waals surface area (Å²) in [5, 5.41) is 9.35. The van der Waals surface area contributed by atoms with Crippen molar-refractivity contribution in [1.29, 1.82) is 0 Å². The Balaban J connectivity index is 2.08. The Kier molecular flexibility index (Phi) is 2.95. The Hall–Kier alpha value is -0.650. The molecule has 2 aliphatic heterocycles. The van der Waals surface area contributed by atoms with E-state index in [2.05, 4.69) is 16.8 Å². The number of ether oxygens (including phenoxy) is 1. The first-order chi connectivity index (χ1) is 7.15. The number of hydrogen-bond donors (Lipinski definition) is 1. The third-order valence-corrected chi connectivity index (χ3v) is 3.51. The number of aliphatic carboxylic acids is 1. The van der Waals surface area contributed by atoms with E-state index < -0.39 is 11.5 Å². The zero-order chi connectivity index (χ0) is 10.9. The van der Waals surface area contributed by atoms with Crippen LogP contribution in [0.15, 0.2) is 0 Å². The zero-order valence-corrected chi connectivity index (χ0v) is 9.11. The fraction of sp³-hybridized carbons (Fsp3) is 0.900. The van der Waals surface area contributed by atoms with Crippen molar-refractivity contribution in [3.8, 4) is 0 Å². The van der Waals surface area contributed by atoms with Crippen molar-refractivity contribution in [1.82, 2.24) is 9.80 Å². The number of likely N-dealkylation sites (N-methyl/N-ethyl adjacent to an activating group) is 1. The van der Waals surface area contributed by atoms with E-state index in [1.807, 2.05) is 0 Å². The van der Waals surface area contributed by atoms with E-state index in [4.69, 9.17) is 4.74 Å². The minimum Gasteiger partial charge on any atom is -0.480 e. The highest BCUT2D eigenvalue weighted by Crippen LogP contribution is 2.27. The molecule has 0 radical (unpaired) electrons. The lowest BCUT2D eigenvalue weighted by Gasteiger charge is -2.41. The SMILES string of the molecule is CN1CCN([C@]2(C(=O)O)CCOC2)CC1. The van der Waals surface area contributed by atoms with E-state index in [9.17, 15) is 9.90 Å². The molecule has 86 valence electrons. The van der Waals surface area contributed by atoms with Crippen molar-refractivity contribution >= 4 is 5.97 Å². The monoisotopic (exact) mass is 214 g/mol. The highest BCUT2D eigenvalue weighted by molar-refractivity contribution is 5.79. The normalized spacial score (nSPS) is 34.5. The molecule has 0 spiro atoms. The maximum atomic E-state index is 11.4. The molecule has 2 heterocycles. The number of hydrogen-bond acceptors (Lipinski definition) is 4. The molecule has 15 heavy (non-hydrogen) atoms. The average Bonchev–Trinajstić information content (AvgIpc) is 2.69. The molecule has 2 saturated heterocycles. The first-order valence-corrected chi connectivity index (χ1v) is 5.40. The second-order valence-corrected chi connectivity index (χ2v) is 4.43. The second kappa shape index (κ2) is 4.08. The molecule has 0 saturated carbocycles. The molecule has 5 heteroatoms. The summed E-state index contributed by atoms with van der Waals surface area (Å²) in [6.07, 6.45) is 0.617. The summed E-state index contributed by atoms with van der Waals surface area (Å²) in [5.74, 6) is -0.732. The van der Waals surface area contributed by atoms with Crippen LogP contribution in [0.25, 0.3) is 0 Å². The molecule has 0 amide bonds. The van der Waals surface area contributed by atoms with Crippen LogP contribution in [0.4, 0.5) is 0 Å². The van der Waals surface area contributed by atoms with Gasteiger partial charge in [0.05, 0.1) is 6.61 Å². The lowest BCUT2D eigenvalue weighted by Crippen LogP contribution is -2.60. The maximum Gasteiger partial charge on any atom is 0.326 e. The fourth-order valence-electron chi connectivity index (χ4n) is 2.34. The third-order valence-electron chi connectivity index (χ3n) is 3.51. The molecule has 0 aromatic carbocycles. The van der Waals surface area contributed by atoms with Gasteiger partial charge in [-0.25, -0.2) is 0 Å². The molecule has 0 aliphatic carbocycles. The Morgan fingerprint density at radius 3 is 2.47 bits per heavy atom. The minimum atomic E-state index is -0.749. The predicted octanol–water partition coefficient (Wildman–Crippen LogP) is -0.522. The Labute approximate surface area is 89.6 Å². The van der Waals surface area contributed by atoms with E-state index >= 15 is 0 Å². The number of piperazine rings is 1. The molecule has 2 fully saturated rings. The number of nitrogens with zero attached hydrogens (tertiary/aromatic N) is 2. The number of carbonyl (C=O) groups is 1. The molecule has 0 aromatic heterocycles.